The van der Waals surface area contributed by atoms with Gasteiger partial charge in [0.2, 0.25) is 23.6 Å². The van der Waals surface area contributed by atoms with Crippen molar-refractivity contribution in [2.45, 2.75) is 43.4 Å². The van der Waals surface area contributed by atoms with Crippen molar-refractivity contribution in [2.75, 3.05) is 6.61 Å². The highest BCUT2D eigenvalue weighted by molar-refractivity contribution is 5.95. The Labute approximate surface area is 234 Å². The molecule has 218 valence electrons. The first-order valence-corrected chi connectivity index (χ1v) is 12.6. The number of amides is 4. The van der Waals surface area contributed by atoms with Gasteiger partial charge in [0.1, 0.15) is 23.9 Å². The number of carbonyl (C=O) groups is 5. The van der Waals surface area contributed by atoms with E-state index in [2.05, 4.69) is 20.9 Å². The minimum absolute atomic E-state index is 0.0289. The highest BCUT2D eigenvalue weighted by Gasteiger charge is 2.31. The molecule has 3 rings (SSSR count). The molecular weight excluding hydrogens is 536 g/mol. The topological polar surface area (TPSA) is 250 Å². The minimum atomic E-state index is -1.63. The van der Waals surface area contributed by atoms with Gasteiger partial charge in [-0.05, 0) is 29.3 Å². The zero-order chi connectivity index (χ0) is 30.1. The lowest BCUT2D eigenvalue weighted by atomic mass is 10.0. The largest absolute Gasteiger partial charge is 0.508 e. The Morgan fingerprint density at radius 1 is 0.829 bits per heavy atom. The highest BCUT2D eigenvalue weighted by atomic mass is 16.4. The molecule has 4 amide bonds. The number of benzene rings is 2. The number of aliphatic carboxylic acids is 1. The van der Waals surface area contributed by atoms with Crippen molar-refractivity contribution in [2.24, 2.45) is 11.5 Å². The van der Waals surface area contributed by atoms with Gasteiger partial charge in [-0.1, -0.05) is 30.3 Å². The number of H-pyrrole nitrogens is 1. The number of nitrogens with two attached hydrogens (primary N) is 2. The Bertz CT molecular complexity index is 1410. The maximum atomic E-state index is 13.6. The Hall–Kier alpha value is -4.95. The lowest BCUT2D eigenvalue weighted by Gasteiger charge is -2.25. The number of carboxylic acids is 1. The molecule has 11 N–H and O–H groups in total. The summed E-state index contributed by atoms with van der Waals surface area (Å²) in [5, 5.41) is 36.2. The number of carboxylic acid groups (broad SMARTS) is 1. The molecule has 0 aliphatic heterocycles. The number of carbonyl (C=O) groups excluding carboxylic acids is 4. The number of primary amides is 1. The average Bonchev–Trinajstić information content (AvgIpc) is 3.34. The molecule has 14 heteroatoms. The van der Waals surface area contributed by atoms with Crippen LogP contribution in [0.4, 0.5) is 0 Å². The number of para-hydroxylation sites is 1. The number of phenolic OH excluding ortho intramolecular Hbond substituents is 1. The second kappa shape index (κ2) is 13.9. The fourth-order valence-corrected chi connectivity index (χ4v) is 4.13. The molecule has 2 aromatic carbocycles. The maximum absolute atomic E-state index is 13.6. The number of rotatable bonds is 14. The first kappa shape index (κ1) is 30.6. The number of hydrogen-bond donors (Lipinski definition) is 9. The Morgan fingerprint density at radius 3 is 2.02 bits per heavy atom. The fraction of sp³-hybridized carbons (Fsp3) is 0.296. The molecule has 1 heterocycles. The molecule has 14 nitrogen and oxygen atoms in total. The van der Waals surface area contributed by atoms with Gasteiger partial charge in [0.25, 0.3) is 0 Å². The van der Waals surface area contributed by atoms with Crippen LogP contribution < -0.4 is 27.4 Å². The van der Waals surface area contributed by atoms with Crippen molar-refractivity contribution < 1.29 is 39.3 Å². The summed E-state index contributed by atoms with van der Waals surface area (Å²) < 4.78 is 0. The molecule has 0 saturated carbocycles. The zero-order valence-corrected chi connectivity index (χ0v) is 21.9. The number of aromatic nitrogens is 1. The van der Waals surface area contributed by atoms with Gasteiger partial charge in [-0.15, -0.1) is 0 Å². The van der Waals surface area contributed by atoms with Crippen molar-refractivity contribution >= 4 is 40.5 Å². The lowest BCUT2D eigenvalue weighted by Crippen LogP contribution is -2.58. The van der Waals surface area contributed by atoms with E-state index in [4.69, 9.17) is 11.5 Å². The zero-order valence-electron chi connectivity index (χ0n) is 21.9. The van der Waals surface area contributed by atoms with Crippen molar-refractivity contribution in [3.63, 3.8) is 0 Å². The number of hydrogen-bond acceptors (Lipinski definition) is 8. The van der Waals surface area contributed by atoms with Crippen LogP contribution in [-0.2, 0) is 36.8 Å². The number of nitrogens with one attached hydrogen (secondary N) is 4. The quantitative estimate of drug-likeness (QED) is 0.108. The number of aromatic amines is 1. The molecular formula is C27H32N6O8. The SMILES string of the molecule is NC(=O)CC(N)C(=O)NC(Cc1c[nH]c2ccccc12)C(=O)NC(Cc1ccc(O)cc1)C(=O)NC(CO)C(=O)O. The second-order valence-corrected chi connectivity index (χ2v) is 9.42. The number of aromatic hydroxyl groups is 1. The van der Waals surface area contributed by atoms with Gasteiger partial charge in [0.05, 0.1) is 19.1 Å². The Balaban J connectivity index is 1.90. The number of phenols is 1. The van der Waals surface area contributed by atoms with Crippen molar-refractivity contribution in [1.29, 1.82) is 0 Å². The molecule has 3 aromatic rings. The molecule has 4 unspecified atom stereocenters. The van der Waals surface area contributed by atoms with Crippen molar-refractivity contribution in [3.05, 3.63) is 65.9 Å². The van der Waals surface area contributed by atoms with Gasteiger partial charge < -0.3 is 47.7 Å². The first-order chi connectivity index (χ1) is 19.5. The van der Waals surface area contributed by atoms with E-state index in [1.807, 2.05) is 18.2 Å². The molecule has 0 spiro atoms. The van der Waals surface area contributed by atoms with Gasteiger partial charge in [-0.3, -0.25) is 19.2 Å². The molecule has 1 aromatic heterocycles. The van der Waals surface area contributed by atoms with Crippen LogP contribution in [0.5, 0.6) is 5.75 Å². The van der Waals surface area contributed by atoms with Crippen LogP contribution >= 0.6 is 0 Å². The van der Waals surface area contributed by atoms with Gasteiger partial charge in [0.15, 0.2) is 0 Å². The molecule has 0 aliphatic rings. The summed E-state index contributed by atoms with van der Waals surface area (Å²) in [6.07, 6.45) is 1.05. The first-order valence-electron chi connectivity index (χ1n) is 12.6. The van der Waals surface area contributed by atoms with E-state index < -0.39 is 66.8 Å². The third-order valence-electron chi connectivity index (χ3n) is 6.30. The summed E-state index contributed by atoms with van der Waals surface area (Å²) >= 11 is 0. The molecule has 0 saturated heterocycles. The highest BCUT2D eigenvalue weighted by Crippen LogP contribution is 2.19. The third-order valence-corrected chi connectivity index (χ3v) is 6.30. The maximum Gasteiger partial charge on any atom is 0.328 e. The van der Waals surface area contributed by atoms with Crippen LogP contribution in [0.3, 0.4) is 0 Å². The van der Waals surface area contributed by atoms with Crippen LogP contribution in [0.1, 0.15) is 17.5 Å². The molecule has 0 bridgehead atoms. The predicted molar refractivity (Wildman–Crippen MR) is 146 cm³/mol. The summed E-state index contributed by atoms with van der Waals surface area (Å²) in [5.41, 5.74) is 12.9. The Morgan fingerprint density at radius 2 is 1.41 bits per heavy atom. The summed E-state index contributed by atoms with van der Waals surface area (Å²) in [6.45, 7) is -0.891. The van der Waals surface area contributed by atoms with Crippen LogP contribution in [0.15, 0.2) is 54.7 Å². The molecule has 41 heavy (non-hydrogen) atoms. The monoisotopic (exact) mass is 568 g/mol. The predicted octanol–water partition coefficient (Wildman–Crippen LogP) is -1.61. The second-order valence-electron chi connectivity index (χ2n) is 9.42. The van der Waals surface area contributed by atoms with Crippen LogP contribution in [-0.4, -0.2) is 80.7 Å². The van der Waals surface area contributed by atoms with Crippen LogP contribution in [0, 0.1) is 0 Å². The molecule has 0 radical (unpaired) electrons. The molecule has 0 fully saturated rings. The van der Waals surface area contributed by atoms with E-state index in [1.165, 1.54) is 24.3 Å². The number of aliphatic hydroxyl groups is 1. The van der Waals surface area contributed by atoms with E-state index in [-0.39, 0.29) is 18.6 Å². The molecule has 4 atom stereocenters. The number of fused-ring (bicyclic) bond motifs is 1. The normalized spacial score (nSPS) is 13.9. The van der Waals surface area contributed by atoms with Gasteiger partial charge in [0, 0.05) is 29.9 Å². The third kappa shape index (κ3) is 8.52. The number of aliphatic hydroxyl groups excluding tert-OH is 1. The molecule has 0 aliphatic carbocycles. The van der Waals surface area contributed by atoms with Crippen molar-refractivity contribution in [1.82, 2.24) is 20.9 Å². The van der Waals surface area contributed by atoms with E-state index in [1.54, 1.807) is 12.3 Å². The van der Waals surface area contributed by atoms with Gasteiger partial charge in [-0.2, -0.15) is 0 Å². The Kier molecular flexibility index (Phi) is 10.4. The summed E-state index contributed by atoms with van der Waals surface area (Å²) in [5.74, 6) is -4.86. The van der Waals surface area contributed by atoms with E-state index in [0.717, 1.165) is 10.9 Å². The van der Waals surface area contributed by atoms with E-state index in [0.29, 0.717) is 11.1 Å². The van der Waals surface area contributed by atoms with Crippen molar-refractivity contribution in [3.8, 4) is 5.75 Å². The van der Waals surface area contributed by atoms with Crippen LogP contribution in [0.25, 0.3) is 10.9 Å². The minimum Gasteiger partial charge on any atom is -0.508 e. The standard InChI is InChI=1S/C27H32N6O8/c28-18(11-23(29)36)24(37)31-21(10-15-12-30-19-4-2-1-3-17(15)19)26(39)32-20(9-14-5-7-16(35)8-6-14)25(38)33-22(13-34)27(40)41/h1-8,12,18,20-22,30,34-35H,9-11,13,28H2,(H2,29,36)(H,31,37)(H,32,39)(H,33,38)(H,40,41). The smallest absolute Gasteiger partial charge is 0.328 e. The summed E-state index contributed by atoms with van der Waals surface area (Å²) in [7, 11) is 0. The average molecular weight is 569 g/mol. The van der Waals surface area contributed by atoms with Gasteiger partial charge >= 0.3 is 5.97 Å². The summed E-state index contributed by atoms with van der Waals surface area (Å²) in [6, 6.07) is 7.46. The fourth-order valence-electron chi connectivity index (χ4n) is 4.13. The van der Waals surface area contributed by atoms with E-state index >= 15 is 0 Å². The van der Waals surface area contributed by atoms with E-state index in [9.17, 15) is 39.3 Å². The van der Waals surface area contributed by atoms with Gasteiger partial charge in [-0.25, -0.2) is 4.79 Å². The summed E-state index contributed by atoms with van der Waals surface area (Å²) in [4.78, 5) is 65.1. The lowest BCUT2D eigenvalue weighted by molar-refractivity contribution is -0.143. The van der Waals surface area contributed by atoms with Crippen LogP contribution in [0.2, 0.25) is 0 Å².